The molecule has 0 atom stereocenters. The fourth-order valence-electron chi connectivity index (χ4n) is 1.24. The summed E-state index contributed by atoms with van der Waals surface area (Å²) in [7, 11) is 0. The molecule has 0 spiro atoms. The van der Waals surface area contributed by atoms with Crippen LogP contribution in [0.5, 0.6) is 0 Å². The molecule has 0 saturated heterocycles. The Hall–Kier alpha value is -1.31. The molecule has 1 rings (SSSR count). The first-order chi connectivity index (χ1) is 7.00. The van der Waals surface area contributed by atoms with Crippen LogP contribution in [-0.4, -0.2) is 5.78 Å². The summed E-state index contributed by atoms with van der Waals surface area (Å²) in [5.41, 5.74) is 1.03. The Morgan fingerprint density at radius 2 is 2.13 bits per heavy atom. The number of rotatable bonds is 4. The predicted molar refractivity (Wildman–Crippen MR) is 61.6 cm³/mol. The third kappa shape index (κ3) is 3.39. The third-order valence-electron chi connectivity index (χ3n) is 2.38. The van der Waals surface area contributed by atoms with Crippen molar-refractivity contribution in [2.45, 2.75) is 34.1 Å². The van der Waals surface area contributed by atoms with Gasteiger partial charge in [0.2, 0.25) is 0 Å². The largest absolute Gasteiger partial charge is 0.462 e. The average Bonchev–Trinajstić information content (AvgIpc) is 2.60. The van der Waals surface area contributed by atoms with E-state index in [4.69, 9.17) is 4.42 Å². The molecule has 0 N–H and O–H groups in total. The van der Waals surface area contributed by atoms with Gasteiger partial charge in [-0.2, -0.15) is 0 Å². The number of Topliss-reactive ketones (excluding diaryl/α,β-unsaturated/α-hetero) is 1. The van der Waals surface area contributed by atoms with E-state index in [9.17, 15) is 4.79 Å². The topological polar surface area (TPSA) is 30.2 Å². The quantitative estimate of drug-likeness (QED) is 0.753. The minimum absolute atomic E-state index is 0.104. The third-order valence-corrected chi connectivity index (χ3v) is 2.38. The van der Waals surface area contributed by atoms with Gasteiger partial charge >= 0.3 is 0 Å². The van der Waals surface area contributed by atoms with Gasteiger partial charge in [-0.1, -0.05) is 19.9 Å². The second-order valence-electron chi connectivity index (χ2n) is 4.12. The van der Waals surface area contributed by atoms with Gasteiger partial charge in [0, 0.05) is 12.3 Å². The first kappa shape index (κ1) is 11.8. The van der Waals surface area contributed by atoms with Crippen LogP contribution in [0.1, 0.15) is 38.7 Å². The summed E-state index contributed by atoms with van der Waals surface area (Å²) in [5.74, 6) is 2.11. The zero-order valence-electron chi connectivity index (χ0n) is 9.83. The van der Waals surface area contributed by atoms with Gasteiger partial charge in [-0.3, -0.25) is 4.79 Å². The van der Waals surface area contributed by atoms with E-state index in [0.717, 1.165) is 17.1 Å². The predicted octanol–water partition coefficient (Wildman–Crippen LogP) is 3.61. The van der Waals surface area contributed by atoms with Crippen LogP contribution < -0.4 is 0 Å². The molecule has 0 aliphatic rings. The molecule has 1 heterocycles. The van der Waals surface area contributed by atoms with Crippen LogP contribution in [0.3, 0.4) is 0 Å². The van der Waals surface area contributed by atoms with E-state index in [1.807, 2.05) is 45.9 Å². The zero-order valence-corrected chi connectivity index (χ0v) is 9.83. The summed E-state index contributed by atoms with van der Waals surface area (Å²) in [6, 6.07) is 3.86. The first-order valence-electron chi connectivity index (χ1n) is 5.27. The fourth-order valence-corrected chi connectivity index (χ4v) is 1.24. The highest BCUT2D eigenvalue weighted by Gasteiger charge is 2.06. The Morgan fingerprint density at radius 1 is 1.47 bits per heavy atom. The van der Waals surface area contributed by atoms with E-state index in [1.165, 1.54) is 0 Å². The van der Waals surface area contributed by atoms with Crippen molar-refractivity contribution < 1.29 is 9.21 Å². The number of aryl methyl sites for hydroxylation is 1. The summed E-state index contributed by atoms with van der Waals surface area (Å²) in [5, 5.41) is 0. The maximum atomic E-state index is 11.4. The molecule has 15 heavy (non-hydrogen) atoms. The second-order valence-corrected chi connectivity index (χ2v) is 4.12. The molecule has 0 fully saturated rings. The zero-order chi connectivity index (χ0) is 11.4. The molecule has 0 amide bonds. The van der Waals surface area contributed by atoms with Gasteiger partial charge < -0.3 is 4.42 Å². The van der Waals surface area contributed by atoms with Crippen LogP contribution in [-0.2, 0) is 4.79 Å². The van der Waals surface area contributed by atoms with E-state index in [0.29, 0.717) is 6.42 Å². The smallest absolute Gasteiger partial charge is 0.139 e. The molecule has 0 saturated carbocycles. The lowest BCUT2D eigenvalue weighted by Crippen LogP contribution is -2.04. The maximum absolute atomic E-state index is 11.4. The lowest BCUT2D eigenvalue weighted by molar-refractivity contribution is -0.121. The highest BCUT2D eigenvalue weighted by molar-refractivity contribution is 5.83. The lowest BCUT2D eigenvalue weighted by atomic mass is 10.0. The van der Waals surface area contributed by atoms with Crippen LogP contribution in [0.2, 0.25) is 0 Å². The number of carbonyl (C=O) groups is 1. The number of ketones is 1. The van der Waals surface area contributed by atoms with Crippen molar-refractivity contribution in [1.29, 1.82) is 0 Å². The van der Waals surface area contributed by atoms with Crippen molar-refractivity contribution in [3.05, 3.63) is 29.7 Å². The summed E-state index contributed by atoms with van der Waals surface area (Å²) in [6.45, 7) is 7.72. The highest BCUT2D eigenvalue weighted by Crippen LogP contribution is 2.17. The van der Waals surface area contributed by atoms with Gasteiger partial charge in [0.1, 0.15) is 17.3 Å². The minimum atomic E-state index is 0.104. The Morgan fingerprint density at radius 3 is 2.60 bits per heavy atom. The van der Waals surface area contributed by atoms with Crippen molar-refractivity contribution >= 4 is 11.4 Å². The van der Waals surface area contributed by atoms with E-state index >= 15 is 0 Å². The molecule has 0 aliphatic carbocycles. The van der Waals surface area contributed by atoms with Crippen molar-refractivity contribution in [3.63, 3.8) is 0 Å². The van der Waals surface area contributed by atoms with E-state index < -0.39 is 0 Å². The standard InChI is InChI=1S/C13H18O2/c1-9(2)12(14)7-5-10(3)13-8-6-11(4)15-13/h5-6,8-9H,7H2,1-4H3. The molecule has 0 aromatic carbocycles. The minimum Gasteiger partial charge on any atom is -0.462 e. The Kier molecular flexibility index (Phi) is 3.89. The molecule has 0 radical (unpaired) electrons. The molecule has 2 nitrogen and oxygen atoms in total. The number of furan rings is 1. The van der Waals surface area contributed by atoms with Crippen LogP contribution in [0.25, 0.3) is 5.57 Å². The molecule has 2 heteroatoms. The summed E-state index contributed by atoms with van der Waals surface area (Å²) in [4.78, 5) is 11.4. The van der Waals surface area contributed by atoms with Gasteiger partial charge in [-0.15, -0.1) is 0 Å². The molecule has 82 valence electrons. The van der Waals surface area contributed by atoms with Crippen LogP contribution in [0, 0.1) is 12.8 Å². The Balaban J connectivity index is 2.65. The first-order valence-corrected chi connectivity index (χ1v) is 5.27. The Bertz CT molecular complexity index is 370. The Labute approximate surface area is 91.0 Å². The fraction of sp³-hybridized carbons (Fsp3) is 0.462. The molecule has 1 aromatic heterocycles. The molecular weight excluding hydrogens is 188 g/mol. The molecule has 1 aromatic rings. The summed E-state index contributed by atoms with van der Waals surface area (Å²) in [6.07, 6.45) is 2.42. The lowest BCUT2D eigenvalue weighted by Gasteiger charge is -2.01. The van der Waals surface area contributed by atoms with Crippen molar-refractivity contribution in [2.75, 3.05) is 0 Å². The van der Waals surface area contributed by atoms with E-state index in [2.05, 4.69) is 0 Å². The van der Waals surface area contributed by atoms with Crippen molar-refractivity contribution in [3.8, 4) is 0 Å². The number of hydrogen-bond donors (Lipinski definition) is 0. The van der Waals surface area contributed by atoms with Gasteiger partial charge in [0.25, 0.3) is 0 Å². The SMILES string of the molecule is CC(=CCC(=O)C(C)C)c1ccc(C)o1. The van der Waals surface area contributed by atoms with Gasteiger partial charge in [-0.05, 0) is 31.6 Å². The molecular formula is C13H18O2. The summed E-state index contributed by atoms with van der Waals surface area (Å²) < 4.78 is 5.46. The van der Waals surface area contributed by atoms with Crippen molar-refractivity contribution in [2.24, 2.45) is 5.92 Å². The number of allylic oxidation sites excluding steroid dienone is 2. The van der Waals surface area contributed by atoms with E-state index in [1.54, 1.807) is 0 Å². The van der Waals surface area contributed by atoms with Crippen molar-refractivity contribution in [1.82, 2.24) is 0 Å². The molecule has 0 bridgehead atoms. The van der Waals surface area contributed by atoms with E-state index in [-0.39, 0.29) is 11.7 Å². The van der Waals surface area contributed by atoms with Crippen LogP contribution >= 0.6 is 0 Å². The average molecular weight is 206 g/mol. The monoisotopic (exact) mass is 206 g/mol. The molecule has 0 aliphatic heterocycles. The second kappa shape index (κ2) is 4.96. The molecule has 0 unspecified atom stereocenters. The number of carbonyl (C=O) groups excluding carboxylic acids is 1. The highest BCUT2D eigenvalue weighted by atomic mass is 16.3. The van der Waals surface area contributed by atoms with Crippen LogP contribution in [0.4, 0.5) is 0 Å². The van der Waals surface area contributed by atoms with Gasteiger partial charge in [0.05, 0.1) is 0 Å². The maximum Gasteiger partial charge on any atom is 0.139 e. The number of hydrogen-bond acceptors (Lipinski definition) is 2. The normalized spacial score (nSPS) is 12.2. The van der Waals surface area contributed by atoms with Gasteiger partial charge in [0.15, 0.2) is 0 Å². The van der Waals surface area contributed by atoms with Gasteiger partial charge in [-0.25, -0.2) is 0 Å². The summed E-state index contributed by atoms with van der Waals surface area (Å²) >= 11 is 0. The van der Waals surface area contributed by atoms with Crippen LogP contribution in [0.15, 0.2) is 22.6 Å².